The number of carbonyl (C=O) groups is 1. The highest BCUT2D eigenvalue weighted by Crippen LogP contribution is 2.24. The quantitative estimate of drug-likeness (QED) is 0.598. The van der Waals surface area contributed by atoms with Crippen LogP contribution in [0.1, 0.15) is 12.1 Å². The maximum absolute atomic E-state index is 12.3. The highest BCUT2D eigenvalue weighted by Gasteiger charge is 2.43. The number of pyridine rings is 1. The normalized spacial score (nSPS) is 29.8. The van der Waals surface area contributed by atoms with Gasteiger partial charge in [-0.2, -0.15) is 0 Å². The largest absolute Gasteiger partial charge is 0.388 e. The Hall–Kier alpha value is -1.58. The van der Waals surface area contributed by atoms with E-state index in [1.807, 2.05) is 18.2 Å². The van der Waals surface area contributed by atoms with Gasteiger partial charge >= 0.3 is 0 Å². The van der Waals surface area contributed by atoms with E-state index in [-0.39, 0.29) is 12.3 Å². The van der Waals surface area contributed by atoms with Crippen molar-refractivity contribution in [2.24, 2.45) is 0 Å². The third kappa shape index (κ3) is 4.74. The summed E-state index contributed by atoms with van der Waals surface area (Å²) in [7, 11) is 0. The van der Waals surface area contributed by atoms with Gasteiger partial charge in [0.1, 0.15) is 12.2 Å². The average Bonchev–Trinajstić information content (AvgIpc) is 2.91. The maximum Gasteiger partial charge on any atom is 0.225 e. The molecule has 8 heteroatoms. The predicted octanol–water partition coefficient (Wildman–Crippen LogP) is -1.09. The first-order chi connectivity index (χ1) is 12.1. The van der Waals surface area contributed by atoms with Crippen molar-refractivity contribution < 1.29 is 24.5 Å². The molecule has 4 unspecified atom stereocenters. The van der Waals surface area contributed by atoms with Gasteiger partial charge in [-0.1, -0.05) is 6.07 Å². The van der Waals surface area contributed by atoms with Crippen molar-refractivity contribution in [3.63, 3.8) is 0 Å². The number of aliphatic hydroxyl groups is 2. The van der Waals surface area contributed by atoms with Gasteiger partial charge in [-0.05, 0) is 12.1 Å². The molecule has 3 heterocycles. The third-order valence-corrected chi connectivity index (χ3v) is 4.58. The van der Waals surface area contributed by atoms with Crippen LogP contribution in [0.5, 0.6) is 0 Å². The molecule has 2 fully saturated rings. The summed E-state index contributed by atoms with van der Waals surface area (Å²) in [5, 5.41) is 23.5. The van der Waals surface area contributed by atoms with Gasteiger partial charge < -0.3 is 29.9 Å². The molecule has 138 valence electrons. The number of ether oxygens (including phenoxy) is 2. The van der Waals surface area contributed by atoms with E-state index in [4.69, 9.17) is 9.47 Å². The number of hydrogen-bond acceptors (Lipinski definition) is 7. The summed E-state index contributed by atoms with van der Waals surface area (Å²) < 4.78 is 11.0. The number of aliphatic hydroxyl groups excluding tert-OH is 2. The van der Waals surface area contributed by atoms with Crippen molar-refractivity contribution in [2.45, 2.75) is 37.4 Å². The lowest BCUT2D eigenvalue weighted by molar-refractivity contribution is -0.139. The summed E-state index contributed by atoms with van der Waals surface area (Å²) in [6.45, 7) is 3.08. The molecular formula is C17H25N3O5. The summed E-state index contributed by atoms with van der Waals surface area (Å²) in [5.74, 6) is -0.0818. The van der Waals surface area contributed by atoms with Gasteiger partial charge in [0.25, 0.3) is 0 Å². The van der Waals surface area contributed by atoms with Crippen molar-refractivity contribution in [1.29, 1.82) is 0 Å². The number of nitrogens with zero attached hydrogens (tertiary/aromatic N) is 2. The first-order valence-corrected chi connectivity index (χ1v) is 8.63. The minimum Gasteiger partial charge on any atom is -0.388 e. The molecule has 0 spiro atoms. The zero-order valence-corrected chi connectivity index (χ0v) is 14.1. The zero-order chi connectivity index (χ0) is 17.6. The number of amides is 1. The summed E-state index contributed by atoms with van der Waals surface area (Å²) in [6.07, 6.45) is -1.54. The van der Waals surface area contributed by atoms with E-state index in [2.05, 4.69) is 10.3 Å². The average molecular weight is 351 g/mol. The molecular weight excluding hydrogens is 326 g/mol. The molecule has 2 aliphatic rings. The van der Waals surface area contributed by atoms with Crippen LogP contribution >= 0.6 is 0 Å². The lowest BCUT2D eigenvalue weighted by atomic mass is 10.0. The molecule has 3 rings (SSSR count). The molecule has 1 aromatic rings. The summed E-state index contributed by atoms with van der Waals surface area (Å²) in [6, 6.07) is 5.65. The monoisotopic (exact) mass is 351 g/mol. The molecule has 0 aliphatic carbocycles. The Labute approximate surface area is 146 Å². The van der Waals surface area contributed by atoms with Crippen LogP contribution in [0, 0.1) is 0 Å². The molecule has 1 aromatic heterocycles. The van der Waals surface area contributed by atoms with Gasteiger partial charge in [0.2, 0.25) is 5.91 Å². The van der Waals surface area contributed by atoms with Crippen molar-refractivity contribution in [3.8, 4) is 0 Å². The van der Waals surface area contributed by atoms with E-state index < -0.39 is 24.4 Å². The molecule has 0 saturated carbocycles. The number of nitrogens with one attached hydrogen (secondary N) is 1. The maximum atomic E-state index is 12.3. The van der Waals surface area contributed by atoms with Gasteiger partial charge in [-0.3, -0.25) is 9.78 Å². The molecule has 0 radical (unpaired) electrons. The van der Waals surface area contributed by atoms with Crippen LogP contribution in [0.3, 0.4) is 0 Å². The van der Waals surface area contributed by atoms with E-state index in [9.17, 15) is 15.0 Å². The first-order valence-electron chi connectivity index (χ1n) is 8.63. The SMILES string of the molecule is O=C(CC1OC(CNCc2ccccn2)C(O)C1O)N1CCOCC1. The zero-order valence-electron chi connectivity index (χ0n) is 14.1. The van der Waals surface area contributed by atoms with Gasteiger partial charge in [0, 0.05) is 32.4 Å². The van der Waals surface area contributed by atoms with E-state index in [1.165, 1.54) is 0 Å². The minimum absolute atomic E-state index is 0.0645. The van der Waals surface area contributed by atoms with Crippen molar-refractivity contribution in [1.82, 2.24) is 15.2 Å². The summed E-state index contributed by atoms with van der Waals surface area (Å²) in [4.78, 5) is 18.2. The number of rotatable bonds is 6. The van der Waals surface area contributed by atoms with Gasteiger partial charge in [-0.15, -0.1) is 0 Å². The van der Waals surface area contributed by atoms with Crippen molar-refractivity contribution in [3.05, 3.63) is 30.1 Å². The van der Waals surface area contributed by atoms with Crippen LogP contribution in [0.2, 0.25) is 0 Å². The van der Waals surface area contributed by atoms with Gasteiger partial charge in [0.15, 0.2) is 0 Å². The highest BCUT2D eigenvalue weighted by atomic mass is 16.5. The Morgan fingerprint density at radius 3 is 2.72 bits per heavy atom. The second-order valence-electron chi connectivity index (χ2n) is 6.34. The van der Waals surface area contributed by atoms with Crippen LogP contribution in [0.25, 0.3) is 0 Å². The molecule has 0 aromatic carbocycles. The van der Waals surface area contributed by atoms with Crippen LogP contribution in [-0.2, 0) is 20.8 Å². The fraction of sp³-hybridized carbons (Fsp3) is 0.647. The smallest absolute Gasteiger partial charge is 0.225 e. The molecule has 25 heavy (non-hydrogen) atoms. The third-order valence-electron chi connectivity index (χ3n) is 4.58. The molecule has 1 amide bonds. The van der Waals surface area contributed by atoms with Crippen molar-refractivity contribution in [2.75, 3.05) is 32.8 Å². The van der Waals surface area contributed by atoms with Crippen LogP contribution < -0.4 is 5.32 Å². The Balaban J connectivity index is 1.46. The lowest BCUT2D eigenvalue weighted by Gasteiger charge is -2.28. The second kappa shape index (κ2) is 8.68. The Morgan fingerprint density at radius 1 is 1.24 bits per heavy atom. The molecule has 4 atom stereocenters. The Morgan fingerprint density at radius 2 is 2.00 bits per heavy atom. The van der Waals surface area contributed by atoms with Gasteiger partial charge in [-0.25, -0.2) is 0 Å². The fourth-order valence-corrected chi connectivity index (χ4v) is 3.12. The lowest BCUT2D eigenvalue weighted by Crippen LogP contribution is -2.43. The number of morpholine rings is 1. The molecule has 8 nitrogen and oxygen atoms in total. The van der Waals surface area contributed by atoms with E-state index in [0.717, 1.165) is 5.69 Å². The summed E-state index contributed by atoms with van der Waals surface area (Å²) in [5.41, 5.74) is 0.884. The van der Waals surface area contributed by atoms with Gasteiger partial charge in [0.05, 0.1) is 37.5 Å². The van der Waals surface area contributed by atoms with Crippen LogP contribution in [0.4, 0.5) is 0 Å². The predicted molar refractivity (Wildman–Crippen MR) is 88.6 cm³/mol. The fourth-order valence-electron chi connectivity index (χ4n) is 3.12. The molecule has 2 aliphatic heterocycles. The van der Waals surface area contributed by atoms with E-state index >= 15 is 0 Å². The molecule has 2 saturated heterocycles. The molecule has 0 bridgehead atoms. The number of carbonyl (C=O) groups excluding carboxylic acids is 1. The van der Waals surface area contributed by atoms with E-state index in [0.29, 0.717) is 39.4 Å². The topological polar surface area (TPSA) is 104 Å². The second-order valence-corrected chi connectivity index (χ2v) is 6.34. The van der Waals surface area contributed by atoms with Crippen molar-refractivity contribution >= 4 is 5.91 Å². The minimum atomic E-state index is -1.06. The highest BCUT2D eigenvalue weighted by molar-refractivity contribution is 5.77. The number of hydrogen-bond donors (Lipinski definition) is 3. The standard InChI is InChI=1S/C17H25N3O5/c21-15(20-5-7-24-8-6-20)9-13-16(22)17(23)14(25-13)11-18-10-12-3-1-2-4-19-12/h1-4,13-14,16-18,22-23H,5-11H2. The van der Waals surface area contributed by atoms with Crippen LogP contribution in [-0.4, -0.2) is 83.3 Å². The molecule has 3 N–H and O–H groups in total. The van der Waals surface area contributed by atoms with Crippen LogP contribution in [0.15, 0.2) is 24.4 Å². The summed E-state index contributed by atoms with van der Waals surface area (Å²) >= 11 is 0. The Kier molecular flexibility index (Phi) is 6.33. The number of aromatic nitrogens is 1. The first kappa shape index (κ1) is 18.2. The van der Waals surface area contributed by atoms with E-state index in [1.54, 1.807) is 11.1 Å². The Bertz CT molecular complexity index is 552.